The maximum atomic E-state index is 11.8. The van der Waals surface area contributed by atoms with Crippen molar-refractivity contribution in [3.05, 3.63) is 34.8 Å². The molecule has 0 N–H and O–H groups in total. The molecule has 2 heterocycles. The number of aromatic nitrogens is 2. The smallest absolute Gasteiger partial charge is 0.357 e. The molecule has 1 aliphatic rings. The minimum Gasteiger partial charge on any atom is -0.461 e. The topological polar surface area (TPSA) is 70.5 Å². The van der Waals surface area contributed by atoms with Crippen molar-refractivity contribution in [1.82, 2.24) is 9.97 Å². The number of carbonyl (C=O) groups excluding carboxylic acids is 1. The Labute approximate surface area is 109 Å². The molecule has 2 rings (SSSR count). The predicted octanol–water partition coefficient (Wildman–Crippen LogP) is 2.13. The zero-order valence-corrected chi connectivity index (χ0v) is 10.6. The first-order valence-corrected chi connectivity index (χ1v) is 5.68. The van der Waals surface area contributed by atoms with E-state index in [1.165, 1.54) is 12.5 Å². The average Bonchev–Trinajstić information content (AvgIpc) is 2.81. The zero-order chi connectivity index (χ0) is 13.1. The van der Waals surface area contributed by atoms with E-state index in [1.807, 2.05) is 0 Å². The SMILES string of the molecule is CCOC(=O)c1nc(C)nc(Cl)c1C1OC=CO1. The summed E-state index contributed by atoms with van der Waals surface area (Å²) in [5.41, 5.74) is 0.328. The maximum Gasteiger partial charge on any atom is 0.357 e. The second kappa shape index (κ2) is 5.22. The molecule has 7 heteroatoms. The first kappa shape index (κ1) is 12.6. The highest BCUT2D eigenvalue weighted by atomic mass is 35.5. The largest absolute Gasteiger partial charge is 0.461 e. The summed E-state index contributed by atoms with van der Waals surface area (Å²) in [4.78, 5) is 19.8. The van der Waals surface area contributed by atoms with E-state index in [0.29, 0.717) is 5.82 Å². The molecule has 6 nitrogen and oxygen atoms in total. The minimum absolute atomic E-state index is 0.0584. The third kappa shape index (κ3) is 2.38. The van der Waals surface area contributed by atoms with Gasteiger partial charge in [0.25, 0.3) is 6.29 Å². The molecule has 0 aromatic carbocycles. The van der Waals surface area contributed by atoms with Crippen LogP contribution in [0.4, 0.5) is 0 Å². The lowest BCUT2D eigenvalue weighted by molar-refractivity contribution is -0.0262. The van der Waals surface area contributed by atoms with Gasteiger partial charge in [0.2, 0.25) is 0 Å². The lowest BCUT2D eigenvalue weighted by Crippen LogP contribution is -2.16. The number of nitrogens with zero attached hydrogens (tertiary/aromatic N) is 2. The van der Waals surface area contributed by atoms with Crippen molar-refractivity contribution in [1.29, 1.82) is 0 Å². The van der Waals surface area contributed by atoms with E-state index >= 15 is 0 Å². The van der Waals surface area contributed by atoms with Gasteiger partial charge in [-0.05, 0) is 13.8 Å². The Morgan fingerprint density at radius 1 is 1.44 bits per heavy atom. The van der Waals surface area contributed by atoms with Crippen molar-refractivity contribution < 1.29 is 19.0 Å². The molecule has 1 aromatic heterocycles. The molecule has 0 saturated heterocycles. The van der Waals surface area contributed by atoms with Crippen molar-refractivity contribution in [3.63, 3.8) is 0 Å². The van der Waals surface area contributed by atoms with Crippen molar-refractivity contribution in [3.8, 4) is 0 Å². The van der Waals surface area contributed by atoms with Crippen LogP contribution in [0.3, 0.4) is 0 Å². The molecule has 1 aromatic rings. The van der Waals surface area contributed by atoms with Gasteiger partial charge in [0.15, 0.2) is 5.69 Å². The Bertz CT molecular complexity index is 496. The highest BCUT2D eigenvalue weighted by molar-refractivity contribution is 6.30. The van der Waals surface area contributed by atoms with Crippen molar-refractivity contribution in [2.45, 2.75) is 20.1 Å². The molecule has 96 valence electrons. The summed E-state index contributed by atoms with van der Waals surface area (Å²) in [6.07, 6.45) is 1.89. The molecule has 18 heavy (non-hydrogen) atoms. The van der Waals surface area contributed by atoms with Gasteiger partial charge in [-0.3, -0.25) is 0 Å². The number of halogens is 1. The van der Waals surface area contributed by atoms with E-state index < -0.39 is 12.3 Å². The van der Waals surface area contributed by atoms with Crippen molar-refractivity contribution >= 4 is 17.6 Å². The van der Waals surface area contributed by atoms with Gasteiger partial charge >= 0.3 is 5.97 Å². The first-order valence-electron chi connectivity index (χ1n) is 5.30. The second-order valence-corrected chi connectivity index (χ2v) is 3.78. The zero-order valence-electron chi connectivity index (χ0n) is 9.84. The summed E-state index contributed by atoms with van der Waals surface area (Å²) < 4.78 is 15.2. The van der Waals surface area contributed by atoms with Gasteiger partial charge in [0.05, 0.1) is 6.61 Å². The van der Waals surface area contributed by atoms with Crippen LogP contribution in [0.2, 0.25) is 5.15 Å². The molecule has 0 radical (unpaired) electrons. The first-order chi connectivity index (χ1) is 8.63. The lowest BCUT2D eigenvalue weighted by Gasteiger charge is -2.15. The van der Waals surface area contributed by atoms with Crippen LogP contribution in [0.15, 0.2) is 12.5 Å². The van der Waals surface area contributed by atoms with Crippen LogP contribution >= 0.6 is 11.6 Å². The molecule has 0 amide bonds. The Hall–Kier alpha value is -1.82. The summed E-state index contributed by atoms with van der Waals surface area (Å²) in [5.74, 6) is -0.211. The summed E-state index contributed by atoms with van der Waals surface area (Å²) >= 11 is 6.01. The van der Waals surface area contributed by atoms with E-state index in [4.69, 9.17) is 25.8 Å². The number of hydrogen-bond donors (Lipinski definition) is 0. The molecular formula is C11H11ClN2O4. The monoisotopic (exact) mass is 270 g/mol. The van der Waals surface area contributed by atoms with Gasteiger partial charge in [-0.2, -0.15) is 0 Å². The minimum atomic E-state index is -0.822. The highest BCUT2D eigenvalue weighted by Gasteiger charge is 2.29. The Morgan fingerprint density at radius 3 is 2.72 bits per heavy atom. The van der Waals surface area contributed by atoms with Gasteiger partial charge in [-0.15, -0.1) is 0 Å². The summed E-state index contributed by atoms with van der Waals surface area (Å²) in [7, 11) is 0. The van der Waals surface area contributed by atoms with Crippen LogP contribution in [0.5, 0.6) is 0 Å². The normalized spacial score (nSPS) is 14.2. The number of carbonyl (C=O) groups is 1. The highest BCUT2D eigenvalue weighted by Crippen LogP contribution is 2.31. The van der Waals surface area contributed by atoms with Gasteiger partial charge in [-0.25, -0.2) is 14.8 Å². The van der Waals surface area contributed by atoms with Crippen LogP contribution in [0, 0.1) is 6.92 Å². The van der Waals surface area contributed by atoms with E-state index in [-0.39, 0.29) is 23.0 Å². The summed E-state index contributed by atoms with van der Waals surface area (Å²) in [5, 5.41) is 0.110. The van der Waals surface area contributed by atoms with Crippen LogP contribution in [-0.2, 0) is 14.2 Å². The molecular weight excluding hydrogens is 260 g/mol. The van der Waals surface area contributed by atoms with Crippen molar-refractivity contribution in [2.75, 3.05) is 6.61 Å². The molecule has 0 atom stereocenters. The summed E-state index contributed by atoms with van der Waals surface area (Å²) in [6.45, 7) is 3.58. The maximum absolute atomic E-state index is 11.8. The number of rotatable bonds is 3. The fourth-order valence-corrected chi connectivity index (χ4v) is 1.79. The number of aryl methyl sites for hydroxylation is 1. The molecule has 1 aliphatic heterocycles. The average molecular weight is 271 g/mol. The van der Waals surface area contributed by atoms with Crippen molar-refractivity contribution in [2.24, 2.45) is 0 Å². The van der Waals surface area contributed by atoms with Gasteiger partial charge in [-0.1, -0.05) is 11.6 Å². The van der Waals surface area contributed by atoms with E-state index in [9.17, 15) is 4.79 Å². The van der Waals surface area contributed by atoms with Crippen LogP contribution < -0.4 is 0 Å². The molecule has 0 bridgehead atoms. The van der Waals surface area contributed by atoms with E-state index in [2.05, 4.69) is 9.97 Å². The lowest BCUT2D eigenvalue weighted by atomic mass is 10.2. The third-order valence-electron chi connectivity index (χ3n) is 2.18. The number of ether oxygens (including phenoxy) is 3. The van der Waals surface area contributed by atoms with Gasteiger partial charge in [0, 0.05) is 0 Å². The van der Waals surface area contributed by atoms with Crippen LogP contribution in [0.1, 0.15) is 35.1 Å². The molecule has 0 fully saturated rings. The van der Waals surface area contributed by atoms with E-state index in [1.54, 1.807) is 13.8 Å². The fraction of sp³-hybridized carbons (Fsp3) is 0.364. The number of hydrogen-bond acceptors (Lipinski definition) is 6. The third-order valence-corrected chi connectivity index (χ3v) is 2.46. The van der Waals surface area contributed by atoms with Gasteiger partial charge < -0.3 is 14.2 Å². The second-order valence-electron chi connectivity index (χ2n) is 3.42. The molecule has 0 saturated carbocycles. The predicted molar refractivity (Wildman–Crippen MR) is 61.8 cm³/mol. The van der Waals surface area contributed by atoms with Gasteiger partial charge in [0.1, 0.15) is 29.1 Å². The Balaban J connectivity index is 2.44. The fourth-order valence-electron chi connectivity index (χ4n) is 1.49. The summed E-state index contributed by atoms with van der Waals surface area (Å²) in [6, 6.07) is 0. The Kier molecular flexibility index (Phi) is 3.66. The van der Waals surface area contributed by atoms with Crippen LogP contribution in [-0.4, -0.2) is 22.5 Å². The van der Waals surface area contributed by atoms with E-state index in [0.717, 1.165) is 0 Å². The standard InChI is InChI=1S/C11H11ClN2O4/c1-3-16-10(15)8-7(11-17-4-5-18-11)9(12)14-6(2)13-8/h4-5,11H,3H2,1-2H3. The quantitative estimate of drug-likeness (QED) is 0.619. The van der Waals surface area contributed by atoms with Crippen LogP contribution in [0.25, 0.3) is 0 Å². The molecule has 0 unspecified atom stereocenters. The Morgan fingerprint density at radius 2 is 2.11 bits per heavy atom. The number of esters is 1. The molecule has 0 aliphatic carbocycles. The molecule has 0 spiro atoms.